The van der Waals surface area contributed by atoms with Gasteiger partial charge in [0, 0.05) is 23.5 Å². The third kappa shape index (κ3) is 3.55. The van der Waals surface area contributed by atoms with Crippen LogP contribution in [0, 0.1) is 0 Å². The second-order valence-corrected chi connectivity index (χ2v) is 6.37. The van der Waals surface area contributed by atoms with Gasteiger partial charge in [0.15, 0.2) is 0 Å². The summed E-state index contributed by atoms with van der Waals surface area (Å²) in [5.74, 6) is 0. The van der Waals surface area contributed by atoms with Gasteiger partial charge in [-0.15, -0.1) is 0 Å². The fourth-order valence-electron chi connectivity index (χ4n) is 3.04. The highest BCUT2D eigenvalue weighted by atomic mass is 15.2. The summed E-state index contributed by atoms with van der Waals surface area (Å²) in [5.41, 5.74) is 1.53. The fraction of sp³-hybridized carbons (Fsp3) is 0.688. The monoisotopic (exact) mass is 246 g/mol. The molecule has 0 bridgehead atoms. The molecule has 0 saturated carbocycles. The van der Waals surface area contributed by atoms with Gasteiger partial charge in [-0.2, -0.15) is 0 Å². The van der Waals surface area contributed by atoms with Crippen LogP contribution < -0.4 is 0 Å². The van der Waals surface area contributed by atoms with E-state index >= 15 is 0 Å². The minimum atomic E-state index is 0.301. The Morgan fingerprint density at radius 3 is 2.78 bits per heavy atom. The van der Waals surface area contributed by atoms with Gasteiger partial charge < -0.3 is 0 Å². The molecule has 1 aromatic rings. The molecular weight excluding hydrogens is 220 g/mol. The number of pyridine rings is 1. The maximum atomic E-state index is 4.43. The quantitative estimate of drug-likeness (QED) is 0.809. The minimum absolute atomic E-state index is 0.301. The highest BCUT2D eigenvalue weighted by molar-refractivity contribution is 5.04. The lowest BCUT2D eigenvalue weighted by Crippen LogP contribution is -2.50. The number of likely N-dealkylation sites (tertiary alicyclic amines) is 1. The van der Waals surface area contributed by atoms with Crippen LogP contribution in [0.5, 0.6) is 0 Å². The molecule has 0 amide bonds. The van der Waals surface area contributed by atoms with Crippen molar-refractivity contribution in [2.75, 3.05) is 6.54 Å². The predicted molar refractivity (Wildman–Crippen MR) is 76.7 cm³/mol. The zero-order valence-corrected chi connectivity index (χ0v) is 12.0. The summed E-state index contributed by atoms with van der Waals surface area (Å²) in [6, 6.07) is 6.96. The third-order valence-electron chi connectivity index (χ3n) is 3.95. The topological polar surface area (TPSA) is 16.1 Å². The number of hydrogen-bond donors (Lipinski definition) is 0. The zero-order valence-electron chi connectivity index (χ0n) is 12.0. The van der Waals surface area contributed by atoms with Crippen LogP contribution in [0.1, 0.15) is 52.1 Å². The molecule has 1 aliphatic heterocycles. The van der Waals surface area contributed by atoms with Crippen LogP contribution in [-0.2, 0) is 6.42 Å². The molecule has 0 aromatic carbocycles. The number of rotatable bonds is 3. The van der Waals surface area contributed by atoms with Gasteiger partial charge in [0.25, 0.3) is 0 Å². The van der Waals surface area contributed by atoms with Crippen molar-refractivity contribution in [1.82, 2.24) is 9.88 Å². The first-order valence-corrected chi connectivity index (χ1v) is 7.24. The molecule has 1 atom stereocenters. The Bertz CT molecular complexity index is 353. The third-order valence-corrected chi connectivity index (χ3v) is 3.95. The van der Waals surface area contributed by atoms with Crippen LogP contribution in [0.2, 0.25) is 0 Å². The lowest BCUT2D eigenvalue weighted by Gasteiger charge is -2.44. The molecule has 1 unspecified atom stereocenters. The van der Waals surface area contributed by atoms with Crippen LogP contribution in [-0.4, -0.2) is 28.0 Å². The van der Waals surface area contributed by atoms with Crippen LogP contribution in [0.3, 0.4) is 0 Å². The number of aromatic nitrogens is 1. The molecule has 2 rings (SSSR count). The van der Waals surface area contributed by atoms with Crippen LogP contribution in [0.25, 0.3) is 0 Å². The van der Waals surface area contributed by atoms with Crippen molar-refractivity contribution in [2.24, 2.45) is 0 Å². The van der Waals surface area contributed by atoms with Crippen LogP contribution in [0.15, 0.2) is 24.4 Å². The number of aryl methyl sites for hydroxylation is 1. The Balaban J connectivity index is 1.94. The van der Waals surface area contributed by atoms with Crippen molar-refractivity contribution in [3.8, 4) is 0 Å². The molecule has 100 valence electrons. The van der Waals surface area contributed by atoms with Gasteiger partial charge in [0.1, 0.15) is 0 Å². The Labute approximate surface area is 111 Å². The predicted octanol–water partition coefficient (Wildman–Crippen LogP) is 3.67. The van der Waals surface area contributed by atoms with Gasteiger partial charge >= 0.3 is 0 Å². The molecule has 18 heavy (non-hydrogen) atoms. The van der Waals surface area contributed by atoms with Gasteiger partial charge in [-0.3, -0.25) is 9.88 Å². The van der Waals surface area contributed by atoms with E-state index < -0.39 is 0 Å². The van der Waals surface area contributed by atoms with Gasteiger partial charge in [0.2, 0.25) is 0 Å². The summed E-state index contributed by atoms with van der Waals surface area (Å²) in [5, 5.41) is 0. The van der Waals surface area contributed by atoms with Crippen molar-refractivity contribution in [3.63, 3.8) is 0 Å². The number of hydrogen-bond acceptors (Lipinski definition) is 2. The van der Waals surface area contributed by atoms with Crippen molar-refractivity contribution in [2.45, 2.75) is 64.5 Å². The molecule has 2 heterocycles. The maximum Gasteiger partial charge on any atom is 0.0404 e. The van der Waals surface area contributed by atoms with E-state index in [-0.39, 0.29) is 0 Å². The van der Waals surface area contributed by atoms with E-state index in [1.165, 1.54) is 37.9 Å². The summed E-state index contributed by atoms with van der Waals surface area (Å²) in [7, 11) is 0. The molecule has 1 aliphatic rings. The van der Waals surface area contributed by atoms with Gasteiger partial charge in [-0.1, -0.05) is 12.5 Å². The summed E-state index contributed by atoms with van der Waals surface area (Å²) in [6.45, 7) is 8.28. The largest absolute Gasteiger partial charge is 0.296 e. The molecule has 0 N–H and O–H groups in total. The summed E-state index contributed by atoms with van der Waals surface area (Å²) < 4.78 is 0. The molecule has 0 spiro atoms. The van der Waals surface area contributed by atoms with E-state index in [1.807, 2.05) is 12.3 Å². The average molecular weight is 246 g/mol. The van der Waals surface area contributed by atoms with E-state index in [0.29, 0.717) is 5.54 Å². The molecule has 0 aliphatic carbocycles. The smallest absolute Gasteiger partial charge is 0.0404 e. The summed E-state index contributed by atoms with van der Waals surface area (Å²) >= 11 is 0. The first kappa shape index (κ1) is 13.5. The second kappa shape index (κ2) is 5.83. The molecule has 2 nitrogen and oxygen atoms in total. The van der Waals surface area contributed by atoms with Gasteiger partial charge in [-0.25, -0.2) is 0 Å². The Kier molecular flexibility index (Phi) is 4.39. The molecule has 1 fully saturated rings. The lowest BCUT2D eigenvalue weighted by atomic mass is 9.91. The molecule has 0 radical (unpaired) electrons. The molecular formula is C16H26N2. The Morgan fingerprint density at radius 1 is 1.28 bits per heavy atom. The van der Waals surface area contributed by atoms with Crippen molar-refractivity contribution in [1.29, 1.82) is 0 Å². The molecule has 2 heteroatoms. The van der Waals surface area contributed by atoms with Crippen molar-refractivity contribution >= 4 is 0 Å². The first-order chi connectivity index (χ1) is 8.57. The Hall–Kier alpha value is -0.890. The van der Waals surface area contributed by atoms with E-state index in [4.69, 9.17) is 0 Å². The van der Waals surface area contributed by atoms with E-state index in [1.54, 1.807) is 0 Å². The van der Waals surface area contributed by atoms with E-state index in [0.717, 1.165) is 12.5 Å². The normalized spacial score (nSPS) is 22.1. The molecule has 1 saturated heterocycles. The highest BCUT2D eigenvalue weighted by Crippen LogP contribution is 2.27. The Morgan fingerprint density at radius 2 is 2.11 bits per heavy atom. The number of nitrogens with zero attached hydrogens (tertiary/aromatic N) is 2. The van der Waals surface area contributed by atoms with Crippen molar-refractivity contribution in [3.05, 3.63) is 30.1 Å². The van der Waals surface area contributed by atoms with Crippen LogP contribution >= 0.6 is 0 Å². The SMILES string of the molecule is CC(C)(C)N1CCCCC1CCc1ccccn1. The average Bonchev–Trinajstić information content (AvgIpc) is 2.37. The fourth-order valence-corrected chi connectivity index (χ4v) is 3.04. The molecule has 1 aromatic heterocycles. The highest BCUT2D eigenvalue weighted by Gasteiger charge is 2.30. The van der Waals surface area contributed by atoms with Crippen molar-refractivity contribution < 1.29 is 0 Å². The van der Waals surface area contributed by atoms with Crippen LogP contribution in [0.4, 0.5) is 0 Å². The number of piperidine rings is 1. The maximum absolute atomic E-state index is 4.43. The van der Waals surface area contributed by atoms with E-state index in [2.05, 4.69) is 42.8 Å². The summed E-state index contributed by atoms with van der Waals surface area (Å²) in [6.07, 6.45) is 8.35. The standard InChI is InChI=1S/C16H26N2/c1-16(2,3)18-13-7-5-9-15(18)11-10-14-8-4-6-12-17-14/h4,6,8,12,15H,5,7,9-11,13H2,1-3H3. The van der Waals surface area contributed by atoms with E-state index in [9.17, 15) is 0 Å². The van der Waals surface area contributed by atoms with Gasteiger partial charge in [0.05, 0.1) is 0 Å². The van der Waals surface area contributed by atoms with Gasteiger partial charge in [-0.05, 0) is 65.1 Å². The first-order valence-electron chi connectivity index (χ1n) is 7.24. The zero-order chi connectivity index (χ0) is 13.0. The minimum Gasteiger partial charge on any atom is -0.296 e. The summed E-state index contributed by atoms with van der Waals surface area (Å²) in [4.78, 5) is 7.13. The lowest BCUT2D eigenvalue weighted by molar-refractivity contribution is 0.0472. The second-order valence-electron chi connectivity index (χ2n) is 6.37.